The number of methoxy groups -OCH3 is 1. The molecule has 350 valence electrons. The summed E-state index contributed by atoms with van der Waals surface area (Å²) in [5, 5.41) is 8.04. The second kappa shape index (κ2) is 20.3. The summed E-state index contributed by atoms with van der Waals surface area (Å²) < 4.78 is 14.2. The molecule has 3 aliphatic heterocycles. The number of fused-ring (bicyclic) bond motifs is 6. The lowest BCUT2D eigenvalue weighted by atomic mass is 9.84. The Morgan fingerprint density at radius 1 is 1.20 bits per heavy atom. The van der Waals surface area contributed by atoms with Crippen LogP contribution in [-0.2, 0) is 48.0 Å². The molecule has 0 radical (unpaired) electrons. The molecule has 66 heavy (non-hydrogen) atoms. The molecule has 2 fully saturated rings. The van der Waals surface area contributed by atoms with Crippen LogP contribution in [0.2, 0.25) is 0 Å². The Kier molecular flexibility index (Phi) is 14.7. The van der Waals surface area contributed by atoms with Gasteiger partial charge in [-0.05, 0) is 74.9 Å². The topological polar surface area (TPSA) is 173 Å². The number of likely N-dealkylation sites (tertiary alicyclic amines) is 1. The van der Waals surface area contributed by atoms with Gasteiger partial charge in [0.25, 0.3) is 6.07 Å². The first-order chi connectivity index (χ1) is 31.5. The van der Waals surface area contributed by atoms with Crippen LogP contribution in [0, 0.1) is 23.3 Å². The molecule has 4 aromatic rings. The number of hydrogen-bond donors (Lipinski definition) is 2. The number of pyridine rings is 1. The molecular weight excluding hydrogens is 859 g/mol. The molecule has 7 rings (SSSR count). The first kappa shape index (κ1) is 48.0. The summed E-state index contributed by atoms with van der Waals surface area (Å²) in [5.41, 5.74) is 9.40. The number of aromatic nitrogens is 3. The smallest absolute Gasteiger partial charge is 0.464 e. The number of nitrogens with zero attached hydrogens (tertiary/aromatic N) is 7. The lowest BCUT2D eigenvalue weighted by Gasteiger charge is -2.42. The predicted molar refractivity (Wildman–Crippen MR) is 253 cm³/mol. The molecule has 5 amide bonds. The summed E-state index contributed by atoms with van der Waals surface area (Å²) in [4.78, 5) is 84.1. The predicted octanol–water partition coefficient (Wildman–Crippen LogP) is 6.65. The Morgan fingerprint density at radius 3 is 2.68 bits per heavy atom. The maximum Gasteiger partial charge on any atom is 0.537 e. The Bertz CT molecular complexity index is 2570. The standard InChI is InChI=1S/C49H61N9O7S/c1-10-40(59)52-33-25-56(26-33)48(63)55(8)43(29(3)4)45(60)51-20-18-32-23-41-53-38(27-66-41)31-16-17-39-35(22-31)36(44(57(39)11-2)34-14-12-19-50-42(34)30(5)64-9)24-49(6,7)28-65-47(62)37-15-13-21-58(54-37)46(32)61/h10,12,14,16-17,19,22,27,29-30,32-33,37,43,54H,1,11,13,15,18,21,23-26,28H2,2-9H3/p+1/t30-,32-,37-,43-/m0/s1. The van der Waals surface area contributed by atoms with E-state index in [0.29, 0.717) is 45.4 Å². The Morgan fingerprint density at radius 2 is 1.97 bits per heavy atom. The van der Waals surface area contributed by atoms with Crippen molar-refractivity contribution in [2.75, 3.05) is 40.4 Å². The number of hydrazine groups is 1. The van der Waals surface area contributed by atoms with Crippen molar-refractivity contribution >= 4 is 52.0 Å². The fourth-order valence-electron chi connectivity index (χ4n) is 9.21. The third-order valence-corrected chi connectivity index (χ3v) is 13.6. The molecule has 0 saturated carbocycles. The summed E-state index contributed by atoms with van der Waals surface area (Å²) in [6.07, 6.45) is 4.60. The van der Waals surface area contributed by atoms with E-state index < -0.39 is 35.3 Å². The third kappa shape index (κ3) is 10.2. The highest BCUT2D eigenvalue weighted by Crippen LogP contribution is 2.42. The summed E-state index contributed by atoms with van der Waals surface area (Å²) in [5.74, 6) is -2.60. The first-order valence-corrected chi connectivity index (χ1v) is 23.7. The van der Waals surface area contributed by atoms with Crippen molar-refractivity contribution in [2.24, 2.45) is 17.3 Å². The van der Waals surface area contributed by atoms with Gasteiger partial charge in [-0.1, -0.05) is 40.3 Å². The number of rotatable bonds is 10. The number of likely N-dealkylation sites (N-methyl/N-ethyl adjacent to an activating group) is 1. The number of cyclic esters (lactones) is 1. The van der Waals surface area contributed by atoms with Crippen molar-refractivity contribution in [1.82, 2.24) is 40.1 Å². The van der Waals surface area contributed by atoms with Gasteiger partial charge in [-0.3, -0.25) is 24.4 Å². The number of thiazole rings is 1. The van der Waals surface area contributed by atoms with Gasteiger partial charge in [0, 0.05) is 90.6 Å². The summed E-state index contributed by atoms with van der Waals surface area (Å²) in [6, 6.07) is 11.1. The molecule has 3 aromatic heterocycles. The SMILES string of the molecule is C=CC(=O)NC1CN(C(=O)N(C)[C@H](C(=O)[N+]#CC[C@H]2Cc3nc(cs3)-c3ccc4c(c3)c(c(-c3cccnc3[C@H](C)OC)n4CC)CC(C)(C)COC(=O)[C@@H]3CCCN(N3)C2=O)C(C)C)C1. The van der Waals surface area contributed by atoms with Crippen LogP contribution in [0.15, 0.2) is 54.6 Å². The van der Waals surface area contributed by atoms with E-state index in [0.717, 1.165) is 49.7 Å². The number of hydrogen-bond acceptors (Lipinski definition) is 11. The molecule has 1 aromatic carbocycles. The van der Waals surface area contributed by atoms with Gasteiger partial charge >= 0.3 is 17.9 Å². The van der Waals surface area contributed by atoms with E-state index in [1.807, 2.05) is 32.2 Å². The number of esters is 1. The van der Waals surface area contributed by atoms with E-state index in [9.17, 15) is 24.0 Å². The van der Waals surface area contributed by atoms with E-state index in [-0.39, 0.29) is 55.4 Å². The molecule has 17 heteroatoms. The minimum absolute atomic E-state index is 0.0130. The molecule has 2 saturated heterocycles. The van der Waals surface area contributed by atoms with Crippen molar-refractivity contribution in [3.63, 3.8) is 0 Å². The number of aryl methyl sites for hydroxylation is 1. The average molecular weight is 921 g/mol. The number of amides is 5. The number of benzene rings is 1. The van der Waals surface area contributed by atoms with Crippen molar-refractivity contribution in [1.29, 1.82) is 0 Å². The van der Waals surface area contributed by atoms with Gasteiger partial charge < -0.3 is 29.2 Å². The van der Waals surface area contributed by atoms with Crippen LogP contribution in [0.3, 0.4) is 0 Å². The Balaban J connectivity index is 1.22. The fourth-order valence-corrected chi connectivity index (χ4v) is 10.1. The highest BCUT2D eigenvalue weighted by Gasteiger charge is 2.42. The van der Waals surface area contributed by atoms with Gasteiger partial charge in [-0.25, -0.2) is 15.2 Å². The van der Waals surface area contributed by atoms with Crippen LogP contribution < -0.4 is 10.7 Å². The second-order valence-corrected chi connectivity index (χ2v) is 19.6. The maximum absolute atomic E-state index is 14.4. The van der Waals surface area contributed by atoms with E-state index in [1.54, 1.807) is 25.3 Å². The highest BCUT2D eigenvalue weighted by molar-refractivity contribution is 7.10. The van der Waals surface area contributed by atoms with E-state index in [2.05, 4.69) is 77.8 Å². The molecule has 0 spiro atoms. The number of carbonyl (C=O) groups is 5. The Hall–Kier alpha value is -5.96. The molecule has 6 heterocycles. The molecule has 0 unspecified atom stereocenters. The van der Waals surface area contributed by atoms with Gasteiger partial charge in [0.05, 0.1) is 53.2 Å². The van der Waals surface area contributed by atoms with Crippen LogP contribution in [0.5, 0.6) is 0 Å². The zero-order valence-electron chi connectivity index (χ0n) is 39.3. The van der Waals surface area contributed by atoms with E-state index >= 15 is 0 Å². The van der Waals surface area contributed by atoms with Crippen LogP contribution in [0.25, 0.3) is 38.3 Å². The summed E-state index contributed by atoms with van der Waals surface area (Å²) in [7, 11) is 3.25. The maximum atomic E-state index is 14.4. The number of nitrogens with one attached hydrogen (secondary N) is 2. The van der Waals surface area contributed by atoms with Gasteiger partial charge in [0.1, 0.15) is 6.04 Å². The van der Waals surface area contributed by atoms with Crippen LogP contribution in [0.4, 0.5) is 4.79 Å². The average Bonchev–Trinajstić information content (AvgIpc) is 3.89. The highest BCUT2D eigenvalue weighted by atomic mass is 32.1. The van der Waals surface area contributed by atoms with Crippen molar-refractivity contribution in [3.05, 3.63) is 75.7 Å². The lowest BCUT2D eigenvalue weighted by Crippen LogP contribution is -2.64. The molecular formula is C49H62N9O7S+. The monoisotopic (exact) mass is 920 g/mol. The van der Waals surface area contributed by atoms with Gasteiger partial charge in [0.15, 0.2) is 6.04 Å². The fraction of sp³-hybridized carbons (Fsp3) is 0.510. The van der Waals surface area contributed by atoms with Gasteiger partial charge in [0.2, 0.25) is 11.8 Å². The minimum atomic E-state index is -0.890. The summed E-state index contributed by atoms with van der Waals surface area (Å²) in [6.45, 7) is 17.3. The second-order valence-electron chi connectivity index (χ2n) is 18.6. The van der Waals surface area contributed by atoms with Crippen LogP contribution in [-0.4, -0.2) is 118 Å². The minimum Gasteiger partial charge on any atom is -0.464 e. The van der Waals surface area contributed by atoms with Gasteiger partial charge in [-0.15, -0.1) is 11.3 Å². The molecule has 6 bridgehead atoms. The molecule has 3 aliphatic rings. The number of ether oxygens (including phenoxy) is 2. The lowest BCUT2D eigenvalue weighted by molar-refractivity contribution is -0.155. The van der Waals surface area contributed by atoms with Gasteiger partial charge in [-0.2, -0.15) is 4.79 Å². The molecule has 0 aliphatic carbocycles. The van der Waals surface area contributed by atoms with Crippen molar-refractivity contribution in [2.45, 2.75) is 104 Å². The number of urea groups is 1. The molecule has 16 nitrogen and oxygen atoms in total. The Labute approximate surface area is 390 Å². The molecule has 4 atom stereocenters. The van der Waals surface area contributed by atoms with E-state index in [4.69, 9.17) is 19.4 Å². The summed E-state index contributed by atoms with van der Waals surface area (Å²) >= 11 is 1.45. The third-order valence-electron chi connectivity index (χ3n) is 12.7. The normalized spacial score (nSPS) is 19.8. The van der Waals surface area contributed by atoms with Crippen molar-refractivity contribution in [3.8, 4) is 28.6 Å². The largest absolute Gasteiger partial charge is 0.537 e. The number of carbonyl (C=O) groups excluding carboxylic acids is 5. The quantitative estimate of drug-likeness (QED) is 0.130. The van der Waals surface area contributed by atoms with Crippen LogP contribution >= 0.6 is 11.3 Å². The zero-order valence-corrected chi connectivity index (χ0v) is 40.1. The molecule has 2 N–H and O–H groups in total. The first-order valence-electron chi connectivity index (χ1n) is 22.8. The van der Waals surface area contributed by atoms with Crippen LogP contribution in [0.1, 0.15) is 83.2 Å². The van der Waals surface area contributed by atoms with Crippen molar-refractivity contribution < 1.29 is 33.4 Å². The zero-order chi connectivity index (χ0) is 47.4. The van der Waals surface area contributed by atoms with E-state index in [1.165, 1.54) is 27.3 Å².